The van der Waals surface area contributed by atoms with E-state index in [2.05, 4.69) is 15.8 Å². The van der Waals surface area contributed by atoms with Crippen molar-refractivity contribution in [3.63, 3.8) is 0 Å². The maximum Gasteiger partial charge on any atom is 1.00 e. The first-order valence-electron chi connectivity index (χ1n) is 3.29. The molecule has 76 valence electrons. The van der Waals surface area contributed by atoms with Crippen LogP contribution in [0.5, 0.6) is 0 Å². The Hall–Kier alpha value is 2.59. The predicted octanol–water partition coefficient (Wildman–Crippen LogP) is -6.69. The van der Waals surface area contributed by atoms with Crippen LogP contribution in [0.3, 0.4) is 0 Å². The van der Waals surface area contributed by atoms with Crippen molar-refractivity contribution in [3.8, 4) is 0 Å². The number of carbonyl (C=O) groups excluding carboxylic acids is 1. The average molecular weight is 286 g/mol. The second-order valence-corrected chi connectivity index (χ2v) is 3.41. The minimum absolute atomic E-state index is 0. The molecule has 0 aliphatic rings. The number of carbonyl (C=O) groups is 1. The summed E-state index contributed by atoms with van der Waals surface area (Å²) in [7, 11) is -5.12. The zero-order chi connectivity index (χ0) is 10.6. The Morgan fingerprint density at radius 1 is 1.40 bits per heavy atom. The summed E-state index contributed by atoms with van der Waals surface area (Å²) in [4.78, 5) is 30.8. The predicted molar refractivity (Wildman–Crippen MR) is 39.1 cm³/mol. The quantitative estimate of drug-likeness (QED) is 0.167. The molecule has 0 rings (SSSR count). The third-order valence-corrected chi connectivity index (χ3v) is 1.45. The van der Waals surface area contributed by atoms with E-state index in [0.717, 1.165) is 6.92 Å². The second kappa shape index (κ2) is 10.5. The zero-order valence-electron chi connectivity index (χ0n) is 9.18. The Kier molecular flexibility index (Phi) is 15.9. The molecule has 15 heavy (non-hydrogen) atoms. The fourth-order valence-corrected chi connectivity index (χ4v) is 0.861. The Bertz CT molecular complexity index is 262. The van der Waals surface area contributed by atoms with Crippen LogP contribution in [0.15, 0.2) is 12.2 Å². The van der Waals surface area contributed by atoms with Crippen molar-refractivity contribution in [3.05, 3.63) is 12.2 Å². The van der Waals surface area contributed by atoms with Gasteiger partial charge in [0.05, 0.1) is 7.82 Å². The Labute approximate surface area is 173 Å². The van der Waals surface area contributed by atoms with Gasteiger partial charge in [0.1, 0.15) is 0 Å². The first-order valence-corrected chi connectivity index (χ1v) is 4.75. The van der Waals surface area contributed by atoms with E-state index in [0.29, 0.717) is 0 Å². The summed E-state index contributed by atoms with van der Waals surface area (Å²) in [5.41, 5.74) is 0.0853. The molecule has 0 aliphatic heterocycles. The molecule has 6 nitrogen and oxygen atoms in total. The molecule has 0 bridgehead atoms. The number of esters is 1. The molecule has 0 N–H and O–H groups in total. The fraction of sp³-hybridized carbons (Fsp3) is 0.500. The molecule has 0 amide bonds. The molecule has 0 saturated heterocycles. The summed E-state index contributed by atoms with van der Waals surface area (Å²) in [6, 6.07) is 0. The van der Waals surface area contributed by atoms with Gasteiger partial charge in [0.25, 0.3) is 0 Å². The monoisotopic (exact) mass is 286 g/mol. The molecule has 0 heterocycles. The standard InChI is InChI=1S/C6H11O6P.2K/c1-4(2)6(7)11-5(3)12-13(8,9)10;;/h5H,1H2,2-3H3,(H2,8,9,10);;/q;2*+1/p-2. The molecular weight excluding hydrogens is 277 g/mol. The molecule has 0 radical (unpaired) electrons. The molecule has 0 fully saturated rings. The van der Waals surface area contributed by atoms with Gasteiger partial charge < -0.3 is 23.6 Å². The minimum atomic E-state index is -5.12. The molecule has 0 aliphatic carbocycles. The number of ether oxygens (including phenoxy) is 1. The van der Waals surface area contributed by atoms with Crippen molar-refractivity contribution in [2.24, 2.45) is 0 Å². The van der Waals surface area contributed by atoms with Gasteiger partial charge >= 0.3 is 109 Å². The van der Waals surface area contributed by atoms with E-state index in [4.69, 9.17) is 0 Å². The van der Waals surface area contributed by atoms with Crippen molar-refractivity contribution in [2.75, 3.05) is 0 Å². The van der Waals surface area contributed by atoms with Crippen LogP contribution in [0, 0.1) is 0 Å². The Morgan fingerprint density at radius 3 is 2.07 bits per heavy atom. The van der Waals surface area contributed by atoms with Crippen LogP contribution in [-0.4, -0.2) is 12.3 Å². The van der Waals surface area contributed by atoms with Crippen LogP contribution in [0.2, 0.25) is 0 Å². The normalized spacial score (nSPS) is 11.7. The molecule has 0 spiro atoms. The van der Waals surface area contributed by atoms with Crippen LogP contribution >= 0.6 is 7.82 Å². The van der Waals surface area contributed by atoms with Crippen molar-refractivity contribution in [1.82, 2.24) is 0 Å². The third-order valence-electron chi connectivity index (χ3n) is 0.899. The smallest absolute Gasteiger partial charge is 0.790 e. The van der Waals surface area contributed by atoms with E-state index in [1.807, 2.05) is 0 Å². The van der Waals surface area contributed by atoms with E-state index in [1.165, 1.54) is 6.92 Å². The maximum atomic E-state index is 10.7. The number of hydrogen-bond acceptors (Lipinski definition) is 6. The number of phosphoric ester groups is 1. The number of hydrogen-bond donors (Lipinski definition) is 0. The zero-order valence-corrected chi connectivity index (χ0v) is 16.3. The molecule has 0 aromatic heterocycles. The first kappa shape index (κ1) is 22.7. The summed E-state index contributed by atoms with van der Waals surface area (Å²) in [5.74, 6) is -0.819. The van der Waals surface area contributed by atoms with E-state index < -0.39 is 20.1 Å². The molecule has 1 atom stereocenters. The molecule has 0 aromatic rings. The van der Waals surface area contributed by atoms with Gasteiger partial charge in [-0.2, -0.15) is 0 Å². The van der Waals surface area contributed by atoms with Gasteiger partial charge in [0, 0.05) is 5.57 Å². The van der Waals surface area contributed by atoms with Crippen molar-refractivity contribution in [1.29, 1.82) is 0 Å². The number of rotatable bonds is 4. The van der Waals surface area contributed by atoms with Crippen LogP contribution in [0.25, 0.3) is 0 Å². The van der Waals surface area contributed by atoms with Gasteiger partial charge in [-0.05, 0) is 13.8 Å². The van der Waals surface area contributed by atoms with Gasteiger partial charge in [-0.1, -0.05) is 6.58 Å². The van der Waals surface area contributed by atoms with Gasteiger partial charge in [-0.3, -0.25) is 0 Å². The van der Waals surface area contributed by atoms with Crippen molar-refractivity contribution in [2.45, 2.75) is 20.1 Å². The third kappa shape index (κ3) is 14.5. The Morgan fingerprint density at radius 2 is 1.80 bits per heavy atom. The van der Waals surface area contributed by atoms with E-state index in [-0.39, 0.29) is 108 Å². The van der Waals surface area contributed by atoms with Gasteiger partial charge in [-0.15, -0.1) is 0 Å². The molecule has 1 unspecified atom stereocenters. The number of phosphoric acid groups is 1. The van der Waals surface area contributed by atoms with E-state index in [9.17, 15) is 19.1 Å². The van der Waals surface area contributed by atoms with Gasteiger partial charge in [0.2, 0.25) is 6.29 Å². The second-order valence-electron chi connectivity index (χ2n) is 2.31. The fourth-order valence-electron chi connectivity index (χ4n) is 0.455. The molecule has 9 heteroatoms. The first-order chi connectivity index (χ1) is 5.72. The van der Waals surface area contributed by atoms with E-state index >= 15 is 0 Å². The average Bonchev–Trinajstić information content (AvgIpc) is 1.81. The largest absolute Gasteiger partial charge is 1.00 e. The van der Waals surface area contributed by atoms with Gasteiger partial charge in [0.15, 0.2) is 0 Å². The van der Waals surface area contributed by atoms with Crippen LogP contribution in [0.1, 0.15) is 13.8 Å². The topological polar surface area (TPSA) is 98.7 Å². The van der Waals surface area contributed by atoms with Crippen LogP contribution in [-0.2, 0) is 18.6 Å². The van der Waals surface area contributed by atoms with Crippen molar-refractivity contribution >= 4 is 13.8 Å². The molecule has 0 aromatic carbocycles. The summed E-state index contributed by atoms with van der Waals surface area (Å²) in [5, 5.41) is 0. The summed E-state index contributed by atoms with van der Waals surface area (Å²) in [6.45, 7) is 5.74. The van der Waals surface area contributed by atoms with Crippen molar-refractivity contribution < 1.29 is 131 Å². The Balaban J connectivity index is -0.000000720. The maximum absolute atomic E-state index is 10.7. The van der Waals surface area contributed by atoms with Crippen LogP contribution < -0.4 is 113 Å². The SMILES string of the molecule is C=C(C)C(=O)OC(C)OP(=O)([O-])[O-].[K+].[K+]. The van der Waals surface area contributed by atoms with Crippen LogP contribution in [0.4, 0.5) is 0 Å². The van der Waals surface area contributed by atoms with E-state index in [1.54, 1.807) is 0 Å². The molecule has 0 saturated carbocycles. The summed E-state index contributed by atoms with van der Waals surface area (Å²) in [6.07, 6.45) is -1.43. The summed E-state index contributed by atoms with van der Waals surface area (Å²) < 4.78 is 18.2. The summed E-state index contributed by atoms with van der Waals surface area (Å²) >= 11 is 0. The van der Waals surface area contributed by atoms with Gasteiger partial charge in [-0.25, -0.2) is 4.79 Å². The molecular formula is C6H9K2O6P. The minimum Gasteiger partial charge on any atom is -0.790 e.